The smallest absolute Gasteiger partial charge is 0.337 e. The van der Waals surface area contributed by atoms with Gasteiger partial charge in [-0.25, -0.2) is 4.79 Å². The normalized spacial score (nSPS) is 10.5. The molecule has 1 aromatic carbocycles. The van der Waals surface area contributed by atoms with E-state index in [1.165, 1.54) is 0 Å². The quantitative estimate of drug-likeness (QED) is 0.757. The molecule has 2 rings (SSSR count). The molecule has 1 N–H and O–H groups in total. The van der Waals surface area contributed by atoms with Crippen LogP contribution in [0, 0.1) is 0 Å². The lowest BCUT2D eigenvalue weighted by atomic mass is 10.1. The summed E-state index contributed by atoms with van der Waals surface area (Å²) >= 11 is 0. The van der Waals surface area contributed by atoms with E-state index in [1.807, 2.05) is 35.2 Å². The highest BCUT2D eigenvalue weighted by Crippen LogP contribution is 2.20. The zero-order chi connectivity index (χ0) is 16.7. The van der Waals surface area contributed by atoms with E-state index in [0.29, 0.717) is 25.3 Å². The van der Waals surface area contributed by atoms with E-state index in [-0.39, 0.29) is 5.56 Å². The maximum Gasteiger partial charge on any atom is 0.337 e. The van der Waals surface area contributed by atoms with Gasteiger partial charge >= 0.3 is 5.97 Å². The number of aromatic nitrogens is 1. The highest BCUT2D eigenvalue weighted by atomic mass is 16.4. The van der Waals surface area contributed by atoms with Crippen LogP contribution in [0.5, 0.6) is 0 Å². The molecule has 0 radical (unpaired) electrons. The summed E-state index contributed by atoms with van der Waals surface area (Å²) in [6.07, 6.45) is 3.57. The number of hydrogen-bond donors (Lipinski definition) is 1. The van der Waals surface area contributed by atoms with Gasteiger partial charge in [-0.1, -0.05) is 42.5 Å². The molecular weight excluding hydrogens is 288 g/mol. The van der Waals surface area contributed by atoms with E-state index in [0.717, 1.165) is 11.3 Å². The van der Waals surface area contributed by atoms with Gasteiger partial charge in [-0.3, -0.25) is 9.88 Å². The van der Waals surface area contributed by atoms with Crippen LogP contribution in [0.2, 0.25) is 0 Å². The van der Waals surface area contributed by atoms with Gasteiger partial charge in [-0.2, -0.15) is 0 Å². The summed E-state index contributed by atoms with van der Waals surface area (Å²) in [7, 11) is 0. The fourth-order valence-electron chi connectivity index (χ4n) is 2.37. The summed E-state index contributed by atoms with van der Waals surface area (Å²) in [5.41, 5.74) is 2.50. The molecule has 0 bridgehead atoms. The van der Waals surface area contributed by atoms with Crippen molar-refractivity contribution >= 4 is 5.97 Å². The maximum atomic E-state index is 11.5. The highest BCUT2D eigenvalue weighted by molar-refractivity contribution is 5.89. The Bertz CT molecular complexity index is 686. The van der Waals surface area contributed by atoms with Crippen LogP contribution in [0.15, 0.2) is 67.8 Å². The number of hydrogen-bond acceptors (Lipinski definition) is 3. The second-order valence-electron chi connectivity index (χ2n) is 5.13. The maximum absolute atomic E-state index is 11.5. The van der Waals surface area contributed by atoms with Crippen LogP contribution in [0.3, 0.4) is 0 Å². The molecule has 0 aliphatic carbocycles. The SMILES string of the molecule is C=CCN(CC=C)Cc1nc(-c2ccccc2)ccc1C(=O)O. The van der Waals surface area contributed by atoms with Gasteiger partial charge in [0.15, 0.2) is 0 Å². The minimum Gasteiger partial charge on any atom is -0.478 e. The number of carboxylic acids is 1. The Labute approximate surface area is 136 Å². The van der Waals surface area contributed by atoms with Gasteiger partial charge in [-0.05, 0) is 12.1 Å². The van der Waals surface area contributed by atoms with Gasteiger partial charge in [0, 0.05) is 25.2 Å². The summed E-state index contributed by atoms with van der Waals surface area (Å²) in [5.74, 6) is -0.968. The Morgan fingerprint density at radius 2 is 1.74 bits per heavy atom. The van der Waals surface area contributed by atoms with E-state index >= 15 is 0 Å². The molecule has 4 heteroatoms. The van der Waals surface area contributed by atoms with Crippen LogP contribution in [0.1, 0.15) is 16.1 Å². The Balaban J connectivity index is 2.39. The van der Waals surface area contributed by atoms with Gasteiger partial charge in [0.05, 0.1) is 17.0 Å². The topological polar surface area (TPSA) is 53.4 Å². The molecule has 0 fully saturated rings. The Hall–Kier alpha value is -2.72. The Kier molecular flexibility index (Phi) is 5.83. The molecule has 0 aliphatic heterocycles. The minimum atomic E-state index is -0.968. The predicted octanol–water partition coefficient (Wildman–Crippen LogP) is 3.62. The lowest BCUT2D eigenvalue weighted by Gasteiger charge is -2.19. The number of nitrogens with zero attached hydrogens (tertiary/aromatic N) is 2. The molecule has 0 atom stereocenters. The van der Waals surface area contributed by atoms with Gasteiger partial charge in [0.25, 0.3) is 0 Å². The average Bonchev–Trinajstić information content (AvgIpc) is 2.56. The molecular formula is C19H20N2O2. The van der Waals surface area contributed by atoms with Gasteiger partial charge in [0.1, 0.15) is 0 Å². The molecule has 0 amide bonds. The Morgan fingerprint density at radius 3 is 2.30 bits per heavy atom. The molecule has 0 saturated heterocycles. The summed E-state index contributed by atoms with van der Waals surface area (Å²) in [4.78, 5) is 18.1. The molecule has 0 unspecified atom stereocenters. The fourth-order valence-corrected chi connectivity index (χ4v) is 2.37. The average molecular weight is 308 g/mol. The van der Waals surface area contributed by atoms with E-state index in [4.69, 9.17) is 0 Å². The van der Waals surface area contributed by atoms with Crippen molar-refractivity contribution in [2.45, 2.75) is 6.54 Å². The van der Waals surface area contributed by atoms with Crippen LogP contribution >= 0.6 is 0 Å². The predicted molar refractivity (Wildman–Crippen MR) is 92.3 cm³/mol. The third kappa shape index (κ3) is 4.37. The number of rotatable bonds is 8. The van der Waals surface area contributed by atoms with E-state index < -0.39 is 5.97 Å². The molecule has 0 saturated carbocycles. The standard InChI is InChI=1S/C19H20N2O2/c1-3-12-21(13-4-2)14-18-16(19(22)23)10-11-17(20-18)15-8-6-5-7-9-15/h3-11H,1-2,12-14H2,(H,22,23). The fraction of sp³-hybridized carbons (Fsp3) is 0.158. The lowest BCUT2D eigenvalue weighted by molar-refractivity contribution is 0.0694. The molecule has 1 aromatic heterocycles. The molecule has 118 valence electrons. The number of carbonyl (C=O) groups is 1. The first-order chi connectivity index (χ1) is 11.2. The highest BCUT2D eigenvalue weighted by Gasteiger charge is 2.15. The summed E-state index contributed by atoms with van der Waals surface area (Å²) < 4.78 is 0. The molecule has 4 nitrogen and oxygen atoms in total. The monoisotopic (exact) mass is 308 g/mol. The number of carboxylic acid groups (broad SMARTS) is 1. The number of aromatic carboxylic acids is 1. The Morgan fingerprint density at radius 1 is 1.09 bits per heavy atom. The van der Waals surface area contributed by atoms with Crippen molar-refractivity contribution in [3.05, 3.63) is 79.0 Å². The number of pyridine rings is 1. The molecule has 0 aliphatic rings. The molecule has 23 heavy (non-hydrogen) atoms. The summed E-state index contributed by atoms with van der Waals surface area (Å²) in [6, 6.07) is 13.1. The van der Waals surface area contributed by atoms with Crippen molar-refractivity contribution in [2.75, 3.05) is 13.1 Å². The van der Waals surface area contributed by atoms with Crippen molar-refractivity contribution in [3.63, 3.8) is 0 Å². The zero-order valence-corrected chi connectivity index (χ0v) is 13.0. The van der Waals surface area contributed by atoms with E-state index in [2.05, 4.69) is 18.1 Å². The van der Waals surface area contributed by atoms with Crippen LogP contribution < -0.4 is 0 Å². The van der Waals surface area contributed by atoms with Crippen molar-refractivity contribution in [1.82, 2.24) is 9.88 Å². The van der Waals surface area contributed by atoms with Crippen molar-refractivity contribution in [1.29, 1.82) is 0 Å². The first-order valence-electron chi connectivity index (χ1n) is 7.38. The summed E-state index contributed by atoms with van der Waals surface area (Å²) in [6.45, 7) is 9.18. The van der Waals surface area contributed by atoms with Gasteiger partial charge in [0.2, 0.25) is 0 Å². The third-order valence-electron chi connectivity index (χ3n) is 3.42. The molecule has 2 aromatic rings. The second kappa shape index (κ2) is 8.06. The largest absolute Gasteiger partial charge is 0.478 e. The summed E-state index contributed by atoms with van der Waals surface area (Å²) in [5, 5.41) is 9.40. The zero-order valence-electron chi connectivity index (χ0n) is 13.0. The van der Waals surface area contributed by atoms with Crippen LogP contribution in [0.25, 0.3) is 11.3 Å². The van der Waals surface area contributed by atoms with Crippen LogP contribution in [0.4, 0.5) is 0 Å². The van der Waals surface area contributed by atoms with Crippen molar-refractivity contribution in [3.8, 4) is 11.3 Å². The first kappa shape index (κ1) is 16.6. The molecule has 1 heterocycles. The minimum absolute atomic E-state index is 0.225. The van der Waals surface area contributed by atoms with Crippen LogP contribution in [-0.4, -0.2) is 34.0 Å². The van der Waals surface area contributed by atoms with Gasteiger partial charge in [-0.15, -0.1) is 13.2 Å². The van der Waals surface area contributed by atoms with Crippen molar-refractivity contribution < 1.29 is 9.90 Å². The second-order valence-corrected chi connectivity index (χ2v) is 5.13. The van der Waals surface area contributed by atoms with E-state index in [1.54, 1.807) is 24.3 Å². The third-order valence-corrected chi connectivity index (χ3v) is 3.42. The lowest BCUT2D eigenvalue weighted by Crippen LogP contribution is -2.25. The first-order valence-corrected chi connectivity index (χ1v) is 7.38. The van der Waals surface area contributed by atoms with Crippen molar-refractivity contribution in [2.24, 2.45) is 0 Å². The molecule has 0 spiro atoms. The van der Waals surface area contributed by atoms with Gasteiger partial charge < -0.3 is 5.11 Å². The number of benzene rings is 1. The van der Waals surface area contributed by atoms with E-state index in [9.17, 15) is 9.90 Å². The van der Waals surface area contributed by atoms with Crippen LogP contribution in [-0.2, 0) is 6.54 Å².